The van der Waals surface area contributed by atoms with E-state index in [4.69, 9.17) is 0 Å². The average molecular weight is 268 g/mol. The standard InChI is InChI=1S/C18H24N2/c1-13-6-7-16(12-14(13)2)18(19-3)15-8-10-17(11-9-15)20(4)5/h6-12,18-19H,1-5H3. The van der Waals surface area contributed by atoms with E-state index in [-0.39, 0.29) is 6.04 Å². The van der Waals surface area contributed by atoms with Crippen LogP contribution in [0.15, 0.2) is 42.5 Å². The molecule has 0 saturated heterocycles. The molecule has 1 unspecified atom stereocenters. The number of hydrogen-bond acceptors (Lipinski definition) is 2. The molecule has 2 nitrogen and oxygen atoms in total. The number of anilines is 1. The summed E-state index contributed by atoms with van der Waals surface area (Å²) >= 11 is 0. The minimum Gasteiger partial charge on any atom is -0.378 e. The van der Waals surface area contributed by atoms with Crippen LogP contribution < -0.4 is 10.2 Å². The number of benzene rings is 2. The third kappa shape index (κ3) is 3.02. The van der Waals surface area contributed by atoms with Crippen molar-refractivity contribution in [3.63, 3.8) is 0 Å². The highest BCUT2D eigenvalue weighted by molar-refractivity contribution is 5.48. The Balaban J connectivity index is 2.33. The molecule has 0 radical (unpaired) electrons. The maximum Gasteiger partial charge on any atom is 0.0574 e. The lowest BCUT2D eigenvalue weighted by Gasteiger charge is -2.20. The summed E-state index contributed by atoms with van der Waals surface area (Å²) in [4.78, 5) is 2.12. The fraction of sp³-hybridized carbons (Fsp3) is 0.333. The van der Waals surface area contributed by atoms with Gasteiger partial charge in [0, 0.05) is 19.8 Å². The van der Waals surface area contributed by atoms with Gasteiger partial charge in [-0.1, -0.05) is 30.3 Å². The number of rotatable bonds is 4. The van der Waals surface area contributed by atoms with E-state index in [0.29, 0.717) is 0 Å². The third-order valence-electron chi connectivity index (χ3n) is 3.90. The van der Waals surface area contributed by atoms with Crippen LogP contribution in [0.5, 0.6) is 0 Å². The second-order valence-corrected chi connectivity index (χ2v) is 5.55. The summed E-state index contributed by atoms with van der Waals surface area (Å²) < 4.78 is 0. The van der Waals surface area contributed by atoms with Crippen molar-refractivity contribution in [1.82, 2.24) is 5.32 Å². The van der Waals surface area contributed by atoms with Crippen LogP contribution in [0, 0.1) is 13.8 Å². The number of nitrogens with zero attached hydrogens (tertiary/aromatic N) is 1. The molecule has 2 rings (SSSR count). The van der Waals surface area contributed by atoms with Gasteiger partial charge in [-0.05, 0) is 55.3 Å². The zero-order chi connectivity index (χ0) is 14.7. The van der Waals surface area contributed by atoms with E-state index in [1.807, 2.05) is 7.05 Å². The molecule has 0 bridgehead atoms. The summed E-state index contributed by atoms with van der Waals surface area (Å²) in [6, 6.07) is 15.7. The first-order valence-electron chi connectivity index (χ1n) is 7.04. The fourth-order valence-electron chi connectivity index (χ4n) is 2.43. The summed E-state index contributed by atoms with van der Waals surface area (Å²) in [6.45, 7) is 4.32. The summed E-state index contributed by atoms with van der Waals surface area (Å²) in [5, 5.41) is 3.42. The Morgan fingerprint density at radius 3 is 1.95 bits per heavy atom. The maximum atomic E-state index is 3.42. The van der Waals surface area contributed by atoms with Gasteiger partial charge in [-0.2, -0.15) is 0 Å². The molecule has 0 aliphatic rings. The van der Waals surface area contributed by atoms with Gasteiger partial charge in [0.2, 0.25) is 0 Å². The molecule has 0 heterocycles. The number of aryl methyl sites for hydroxylation is 2. The summed E-state index contributed by atoms with van der Waals surface area (Å²) in [6.07, 6.45) is 0. The fourth-order valence-corrected chi connectivity index (χ4v) is 2.43. The van der Waals surface area contributed by atoms with Crippen LogP contribution in [0.25, 0.3) is 0 Å². The molecule has 0 aliphatic heterocycles. The predicted molar refractivity (Wildman–Crippen MR) is 87.6 cm³/mol. The van der Waals surface area contributed by atoms with Crippen molar-refractivity contribution in [2.75, 3.05) is 26.0 Å². The van der Waals surface area contributed by atoms with Crippen LogP contribution in [0.2, 0.25) is 0 Å². The Bertz CT molecular complexity index is 570. The molecule has 0 spiro atoms. The first-order valence-corrected chi connectivity index (χ1v) is 7.04. The Kier molecular flexibility index (Phi) is 4.46. The monoisotopic (exact) mass is 268 g/mol. The van der Waals surface area contributed by atoms with Crippen LogP contribution >= 0.6 is 0 Å². The second-order valence-electron chi connectivity index (χ2n) is 5.55. The molecule has 0 fully saturated rings. The zero-order valence-electron chi connectivity index (χ0n) is 13.1. The van der Waals surface area contributed by atoms with E-state index in [2.05, 4.69) is 80.6 Å². The molecular weight excluding hydrogens is 244 g/mol. The van der Waals surface area contributed by atoms with Crippen LogP contribution in [0.4, 0.5) is 5.69 Å². The molecule has 2 aromatic rings. The lowest BCUT2D eigenvalue weighted by atomic mass is 9.95. The van der Waals surface area contributed by atoms with Crippen LogP contribution in [-0.2, 0) is 0 Å². The summed E-state index contributed by atoms with van der Waals surface area (Å²) in [5.74, 6) is 0. The minimum absolute atomic E-state index is 0.241. The SMILES string of the molecule is CNC(c1ccc(N(C)C)cc1)c1ccc(C)c(C)c1. The molecule has 0 aromatic heterocycles. The topological polar surface area (TPSA) is 15.3 Å². The van der Waals surface area contributed by atoms with Crippen molar-refractivity contribution in [2.24, 2.45) is 0 Å². The smallest absolute Gasteiger partial charge is 0.0574 e. The molecule has 2 heteroatoms. The number of nitrogens with one attached hydrogen (secondary N) is 1. The van der Waals surface area contributed by atoms with Gasteiger partial charge in [0.25, 0.3) is 0 Å². The molecule has 0 aliphatic carbocycles. The van der Waals surface area contributed by atoms with Crippen molar-refractivity contribution in [1.29, 1.82) is 0 Å². The van der Waals surface area contributed by atoms with E-state index in [0.717, 1.165) is 0 Å². The largest absolute Gasteiger partial charge is 0.378 e. The van der Waals surface area contributed by atoms with Gasteiger partial charge in [0.05, 0.1) is 6.04 Å². The molecule has 1 atom stereocenters. The molecule has 20 heavy (non-hydrogen) atoms. The first-order chi connectivity index (χ1) is 9.52. The average Bonchev–Trinajstić information content (AvgIpc) is 2.44. The molecule has 106 valence electrons. The zero-order valence-corrected chi connectivity index (χ0v) is 13.1. The Morgan fingerprint density at radius 2 is 1.45 bits per heavy atom. The summed E-state index contributed by atoms with van der Waals surface area (Å²) in [5.41, 5.74) is 6.51. The van der Waals surface area contributed by atoms with Gasteiger partial charge in [-0.3, -0.25) is 0 Å². The maximum absolute atomic E-state index is 3.42. The van der Waals surface area contributed by atoms with Crippen LogP contribution in [-0.4, -0.2) is 21.1 Å². The highest BCUT2D eigenvalue weighted by atomic mass is 15.1. The van der Waals surface area contributed by atoms with E-state index < -0.39 is 0 Å². The van der Waals surface area contributed by atoms with Gasteiger partial charge in [0.1, 0.15) is 0 Å². The van der Waals surface area contributed by atoms with Crippen LogP contribution in [0.1, 0.15) is 28.3 Å². The molecular formula is C18H24N2. The van der Waals surface area contributed by atoms with Crippen molar-refractivity contribution >= 4 is 5.69 Å². The highest BCUT2D eigenvalue weighted by Gasteiger charge is 2.12. The predicted octanol–water partition coefficient (Wildman–Crippen LogP) is 3.68. The lowest BCUT2D eigenvalue weighted by molar-refractivity contribution is 0.691. The van der Waals surface area contributed by atoms with Crippen molar-refractivity contribution in [2.45, 2.75) is 19.9 Å². The van der Waals surface area contributed by atoms with E-state index in [1.54, 1.807) is 0 Å². The Hall–Kier alpha value is -1.80. The summed E-state index contributed by atoms with van der Waals surface area (Å²) in [7, 11) is 6.14. The van der Waals surface area contributed by atoms with Gasteiger partial charge in [0.15, 0.2) is 0 Å². The van der Waals surface area contributed by atoms with E-state index in [9.17, 15) is 0 Å². The quantitative estimate of drug-likeness (QED) is 0.910. The van der Waals surface area contributed by atoms with Gasteiger partial charge >= 0.3 is 0 Å². The molecule has 1 N–H and O–H groups in total. The van der Waals surface area contributed by atoms with Crippen molar-refractivity contribution < 1.29 is 0 Å². The molecule has 0 amide bonds. The third-order valence-corrected chi connectivity index (χ3v) is 3.90. The van der Waals surface area contributed by atoms with Crippen molar-refractivity contribution in [3.05, 3.63) is 64.7 Å². The minimum atomic E-state index is 0.241. The highest BCUT2D eigenvalue weighted by Crippen LogP contribution is 2.25. The van der Waals surface area contributed by atoms with Gasteiger partial charge in [-0.25, -0.2) is 0 Å². The van der Waals surface area contributed by atoms with Crippen molar-refractivity contribution in [3.8, 4) is 0 Å². The van der Waals surface area contributed by atoms with Gasteiger partial charge in [-0.15, -0.1) is 0 Å². The lowest BCUT2D eigenvalue weighted by Crippen LogP contribution is -2.18. The normalized spacial score (nSPS) is 12.2. The first kappa shape index (κ1) is 14.6. The molecule has 2 aromatic carbocycles. The van der Waals surface area contributed by atoms with E-state index >= 15 is 0 Å². The Morgan fingerprint density at radius 1 is 0.850 bits per heavy atom. The van der Waals surface area contributed by atoms with E-state index in [1.165, 1.54) is 27.9 Å². The second kappa shape index (κ2) is 6.10. The van der Waals surface area contributed by atoms with Crippen LogP contribution in [0.3, 0.4) is 0 Å². The Labute approximate surface area is 122 Å². The molecule has 0 saturated carbocycles. The number of hydrogen-bond donors (Lipinski definition) is 1. The van der Waals surface area contributed by atoms with Gasteiger partial charge < -0.3 is 10.2 Å².